The first-order valence-corrected chi connectivity index (χ1v) is 9.22. The first kappa shape index (κ1) is 19.6. The molecule has 0 aliphatic heterocycles. The maximum absolute atomic E-state index is 12.1. The third-order valence-corrected chi connectivity index (χ3v) is 5.28. The molecular formula is C14H19BrN2O5S. The molecule has 0 atom stereocenters. The van der Waals surface area contributed by atoms with Crippen LogP contribution in [0.5, 0.6) is 0 Å². The van der Waals surface area contributed by atoms with Crippen molar-refractivity contribution in [3.05, 3.63) is 28.2 Å². The predicted molar refractivity (Wildman–Crippen MR) is 88.6 cm³/mol. The number of halogens is 1. The molecule has 1 N–H and O–H groups in total. The Morgan fingerprint density at radius 2 is 1.87 bits per heavy atom. The molecule has 1 aromatic rings. The smallest absolute Gasteiger partial charge is 0.339 e. The van der Waals surface area contributed by atoms with Gasteiger partial charge in [-0.2, -0.15) is 0 Å². The highest BCUT2D eigenvalue weighted by atomic mass is 79.9. The van der Waals surface area contributed by atoms with Crippen LogP contribution in [0.3, 0.4) is 0 Å². The van der Waals surface area contributed by atoms with Gasteiger partial charge in [0.25, 0.3) is 5.91 Å². The lowest BCUT2D eigenvalue weighted by Gasteiger charge is -2.18. The summed E-state index contributed by atoms with van der Waals surface area (Å²) in [5.74, 6) is -1.08. The summed E-state index contributed by atoms with van der Waals surface area (Å²) < 4.78 is 31.1. The third kappa shape index (κ3) is 5.02. The van der Waals surface area contributed by atoms with Gasteiger partial charge >= 0.3 is 5.97 Å². The minimum Gasteiger partial charge on any atom is -0.452 e. The topological polar surface area (TPSA) is 92.8 Å². The summed E-state index contributed by atoms with van der Waals surface area (Å²) in [6.07, 6.45) is 0. The molecule has 0 aliphatic carbocycles. The van der Waals surface area contributed by atoms with Gasteiger partial charge in [-0.3, -0.25) is 4.79 Å². The molecule has 9 heteroatoms. The van der Waals surface area contributed by atoms with E-state index in [0.29, 0.717) is 17.6 Å². The van der Waals surface area contributed by atoms with Crippen molar-refractivity contribution in [1.82, 2.24) is 9.62 Å². The highest BCUT2D eigenvalue weighted by Gasteiger charge is 2.19. The van der Waals surface area contributed by atoms with Crippen molar-refractivity contribution in [2.24, 2.45) is 0 Å². The number of sulfonamides is 1. The zero-order valence-corrected chi connectivity index (χ0v) is 15.5. The second kappa shape index (κ2) is 8.42. The van der Waals surface area contributed by atoms with Crippen LogP contribution in [0.25, 0.3) is 0 Å². The number of carbonyl (C=O) groups is 2. The monoisotopic (exact) mass is 406 g/mol. The molecular weight excluding hydrogens is 388 g/mol. The van der Waals surface area contributed by atoms with Gasteiger partial charge in [-0.25, -0.2) is 17.9 Å². The summed E-state index contributed by atoms with van der Waals surface area (Å²) in [6.45, 7) is 4.30. The van der Waals surface area contributed by atoms with Crippen LogP contribution in [0.2, 0.25) is 0 Å². The van der Waals surface area contributed by atoms with E-state index in [4.69, 9.17) is 4.74 Å². The molecule has 1 amide bonds. The molecule has 0 fully saturated rings. The zero-order valence-electron chi connectivity index (χ0n) is 13.1. The molecule has 0 saturated carbocycles. The Morgan fingerprint density at radius 1 is 1.26 bits per heavy atom. The number of benzene rings is 1. The standard InChI is InChI=1S/C14H19BrN2O5S/c1-4-17(5-2)13(18)9-22-14(19)11-8-10(6-7-12(11)15)23(20,21)16-3/h6-8,16H,4-5,9H2,1-3H3. The molecule has 0 bridgehead atoms. The van der Waals surface area contributed by atoms with Crippen molar-refractivity contribution in [2.45, 2.75) is 18.7 Å². The van der Waals surface area contributed by atoms with E-state index in [1.54, 1.807) is 0 Å². The fourth-order valence-corrected chi connectivity index (χ4v) is 2.98. The Labute approximate surface area is 144 Å². The Hall–Kier alpha value is -1.45. The van der Waals surface area contributed by atoms with Crippen molar-refractivity contribution in [2.75, 3.05) is 26.7 Å². The normalized spacial score (nSPS) is 11.1. The predicted octanol–water partition coefficient (Wildman–Crippen LogP) is 1.38. The summed E-state index contributed by atoms with van der Waals surface area (Å²) in [6, 6.07) is 3.99. The van der Waals surface area contributed by atoms with E-state index in [0.717, 1.165) is 0 Å². The average molecular weight is 407 g/mol. The number of hydrogen-bond donors (Lipinski definition) is 1. The number of rotatable bonds is 7. The second-order valence-electron chi connectivity index (χ2n) is 4.49. The number of ether oxygens (including phenoxy) is 1. The average Bonchev–Trinajstić information content (AvgIpc) is 2.53. The fraction of sp³-hybridized carbons (Fsp3) is 0.429. The number of likely N-dealkylation sites (N-methyl/N-ethyl adjacent to an activating group) is 1. The van der Waals surface area contributed by atoms with Gasteiger partial charge in [0.1, 0.15) is 0 Å². The number of carbonyl (C=O) groups excluding carboxylic acids is 2. The van der Waals surface area contributed by atoms with Gasteiger partial charge in [-0.05, 0) is 55.0 Å². The number of amides is 1. The van der Waals surface area contributed by atoms with Crippen molar-refractivity contribution in [3.8, 4) is 0 Å². The van der Waals surface area contributed by atoms with Gasteiger partial charge in [0.05, 0.1) is 10.5 Å². The maximum atomic E-state index is 12.1. The molecule has 0 saturated heterocycles. The Balaban J connectivity index is 2.92. The van der Waals surface area contributed by atoms with Crippen LogP contribution in [0.15, 0.2) is 27.6 Å². The molecule has 128 valence electrons. The number of esters is 1. The molecule has 0 unspecified atom stereocenters. The van der Waals surface area contributed by atoms with Gasteiger partial charge in [0.15, 0.2) is 6.61 Å². The zero-order chi connectivity index (χ0) is 17.6. The lowest BCUT2D eigenvalue weighted by atomic mass is 10.2. The van der Waals surface area contributed by atoms with Crippen LogP contribution >= 0.6 is 15.9 Å². The van der Waals surface area contributed by atoms with Gasteiger partial charge < -0.3 is 9.64 Å². The lowest BCUT2D eigenvalue weighted by Crippen LogP contribution is -2.34. The van der Waals surface area contributed by atoms with E-state index in [1.807, 2.05) is 13.8 Å². The third-order valence-electron chi connectivity index (χ3n) is 3.18. The van der Waals surface area contributed by atoms with Crippen LogP contribution in [-0.2, 0) is 19.6 Å². The molecule has 7 nitrogen and oxygen atoms in total. The molecule has 0 aromatic heterocycles. The van der Waals surface area contributed by atoms with Crippen molar-refractivity contribution < 1.29 is 22.7 Å². The number of hydrogen-bond acceptors (Lipinski definition) is 5. The number of nitrogens with zero attached hydrogens (tertiary/aromatic N) is 1. The van der Waals surface area contributed by atoms with E-state index in [9.17, 15) is 18.0 Å². The highest BCUT2D eigenvalue weighted by Crippen LogP contribution is 2.21. The van der Waals surface area contributed by atoms with Crippen LogP contribution < -0.4 is 4.72 Å². The largest absolute Gasteiger partial charge is 0.452 e. The van der Waals surface area contributed by atoms with Gasteiger partial charge in [0.2, 0.25) is 10.0 Å². The van der Waals surface area contributed by atoms with Gasteiger partial charge in [0, 0.05) is 17.6 Å². The van der Waals surface area contributed by atoms with E-state index in [2.05, 4.69) is 20.7 Å². The van der Waals surface area contributed by atoms with Gasteiger partial charge in [-0.1, -0.05) is 0 Å². The quantitative estimate of drug-likeness (QED) is 0.690. The maximum Gasteiger partial charge on any atom is 0.339 e. The summed E-state index contributed by atoms with van der Waals surface area (Å²) in [5, 5.41) is 0. The Bertz CT molecular complexity index is 686. The molecule has 0 radical (unpaired) electrons. The molecule has 0 spiro atoms. The Morgan fingerprint density at radius 3 is 2.39 bits per heavy atom. The highest BCUT2D eigenvalue weighted by molar-refractivity contribution is 9.10. The molecule has 1 rings (SSSR count). The van der Waals surface area contributed by atoms with Crippen molar-refractivity contribution in [3.63, 3.8) is 0 Å². The van der Waals surface area contributed by atoms with Crippen LogP contribution in [0.4, 0.5) is 0 Å². The lowest BCUT2D eigenvalue weighted by molar-refractivity contribution is -0.134. The molecule has 1 aromatic carbocycles. The summed E-state index contributed by atoms with van der Waals surface area (Å²) in [4.78, 5) is 25.4. The van der Waals surface area contributed by atoms with E-state index in [1.165, 1.54) is 30.1 Å². The minimum atomic E-state index is -3.68. The molecule has 23 heavy (non-hydrogen) atoms. The Kier molecular flexibility index (Phi) is 7.17. The first-order valence-electron chi connectivity index (χ1n) is 6.94. The van der Waals surface area contributed by atoms with E-state index < -0.39 is 22.6 Å². The van der Waals surface area contributed by atoms with Crippen LogP contribution in [-0.4, -0.2) is 51.9 Å². The summed E-state index contributed by atoms with van der Waals surface area (Å²) >= 11 is 3.17. The number of nitrogens with one attached hydrogen (secondary N) is 1. The summed E-state index contributed by atoms with van der Waals surface area (Å²) in [5.41, 5.74) is 0.0358. The van der Waals surface area contributed by atoms with E-state index in [-0.39, 0.29) is 16.4 Å². The van der Waals surface area contributed by atoms with Crippen LogP contribution in [0.1, 0.15) is 24.2 Å². The van der Waals surface area contributed by atoms with E-state index >= 15 is 0 Å². The molecule has 0 heterocycles. The van der Waals surface area contributed by atoms with Crippen molar-refractivity contribution >= 4 is 37.8 Å². The first-order chi connectivity index (χ1) is 10.8. The molecule has 0 aliphatic rings. The SMILES string of the molecule is CCN(CC)C(=O)COC(=O)c1cc(S(=O)(=O)NC)ccc1Br. The van der Waals surface area contributed by atoms with Gasteiger partial charge in [-0.15, -0.1) is 0 Å². The second-order valence-corrected chi connectivity index (χ2v) is 7.23. The van der Waals surface area contributed by atoms with Crippen molar-refractivity contribution in [1.29, 1.82) is 0 Å². The van der Waals surface area contributed by atoms with Crippen LogP contribution in [0, 0.1) is 0 Å². The fourth-order valence-electron chi connectivity index (χ4n) is 1.82. The minimum absolute atomic E-state index is 0.0358. The summed E-state index contributed by atoms with van der Waals surface area (Å²) in [7, 11) is -2.40.